The summed E-state index contributed by atoms with van der Waals surface area (Å²) in [5.74, 6) is 1.22. The Morgan fingerprint density at radius 3 is 2.62 bits per heavy atom. The Morgan fingerprint density at radius 1 is 1.08 bits per heavy atom. The van der Waals surface area contributed by atoms with Crippen LogP contribution in [0, 0.1) is 5.82 Å². The lowest BCUT2D eigenvalue weighted by atomic mass is 10.0. The van der Waals surface area contributed by atoms with Crippen molar-refractivity contribution in [2.75, 3.05) is 19.8 Å². The smallest absolute Gasteiger partial charge is 0.315 e. The molecule has 1 aliphatic carbocycles. The normalized spacial score (nSPS) is 16.7. The lowest BCUT2D eigenvalue weighted by Crippen LogP contribution is -2.43. The molecule has 0 unspecified atom stereocenters. The molecule has 4 rings (SSSR count). The fourth-order valence-electron chi connectivity index (χ4n) is 3.23. The fraction of sp³-hybridized carbons (Fsp3) is 0.350. The molecule has 26 heavy (non-hydrogen) atoms. The number of urea groups is 1. The first-order chi connectivity index (χ1) is 12.7. The van der Waals surface area contributed by atoms with E-state index in [1.54, 1.807) is 18.2 Å². The SMILES string of the molecule is O=C(NCCc1ccccc1F)NC1(c2ccc3c(c2)OCCO3)CC1. The van der Waals surface area contributed by atoms with Gasteiger partial charge in [0.15, 0.2) is 11.5 Å². The maximum absolute atomic E-state index is 13.6. The molecule has 1 aliphatic heterocycles. The van der Waals surface area contributed by atoms with Crippen LogP contribution < -0.4 is 20.1 Å². The van der Waals surface area contributed by atoms with Crippen molar-refractivity contribution in [3.8, 4) is 11.5 Å². The molecule has 1 heterocycles. The minimum atomic E-state index is -0.349. The number of hydrogen-bond donors (Lipinski definition) is 2. The maximum atomic E-state index is 13.6. The highest BCUT2D eigenvalue weighted by Crippen LogP contribution is 2.47. The van der Waals surface area contributed by atoms with Crippen LogP contribution in [0.1, 0.15) is 24.0 Å². The molecule has 1 saturated carbocycles. The zero-order chi connectivity index (χ0) is 18.0. The van der Waals surface area contributed by atoms with Gasteiger partial charge in [-0.05, 0) is 48.6 Å². The highest BCUT2D eigenvalue weighted by molar-refractivity contribution is 5.75. The highest BCUT2D eigenvalue weighted by atomic mass is 19.1. The van der Waals surface area contributed by atoms with Crippen LogP contribution in [0.3, 0.4) is 0 Å². The monoisotopic (exact) mass is 356 g/mol. The van der Waals surface area contributed by atoms with E-state index in [2.05, 4.69) is 10.6 Å². The molecule has 2 aromatic rings. The Labute approximate surface area is 151 Å². The predicted molar refractivity (Wildman–Crippen MR) is 95.0 cm³/mol. The van der Waals surface area contributed by atoms with Crippen molar-refractivity contribution in [2.45, 2.75) is 24.8 Å². The third-order valence-corrected chi connectivity index (χ3v) is 4.84. The van der Waals surface area contributed by atoms with Crippen LogP contribution in [0.25, 0.3) is 0 Å². The van der Waals surface area contributed by atoms with E-state index in [9.17, 15) is 9.18 Å². The molecule has 0 radical (unpaired) electrons. The van der Waals surface area contributed by atoms with Crippen LogP contribution in [0.2, 0.25) is 0 Å². The molecular formula is C20H21FN2O3. The standard InChI is InChI=1S/C20H21FN2O3/c21-16-4-2-1-3-14(16)7-10-22-19(24)23-20(8-9-20)15-5-6-17-18(13-15)26-12-11-25-17/h1-6,13H,7-12H2,(H2,22,23,24). The molecular weight excluding hydrogens is 335 g/mol. The van der Waals surface area contributed by atoms with E-state index in [-0.39, 0.29) is 17.4 Å². The quantitative estimate of drug-likeness (QED) is 0.865. The van der Waals surface area contributed by atoms with Gasteiger partial charge in [-0.3, -0.25) is 0 Å². The summed E-state index contributed by atoms with van der Waals surface area (Å²) in [6, 6.07) is 12.2. The van der Waals surface area contributed by atoms with Crippen molar-refractivity contribution in [1.29, 1.82) is 0 Å². The number of benzene rings is 2. The van der Waals surface area contributed by atoms with Crippen LogP contribution in [0.5, 0.6) is 11.5 Å². The van der Waals surface area contributed by atoms with Gasteiger partial charge in [-0.1, -0.05) is 24.3 Å². The molecule has 5 nitrogen and oxygen atoms in total. The summed E-state index contributed by atoms with van der Waals surface area (Å²) in [7, 11) is 0. The van der Waals surface area contributed by atoms with Gasteiger partial charge in [0.05, 0.1) is 5.54 Å². The second-order valence-electron chi connectivity index (χ2n) is 6.66. The lowest BCUT2D eigenvalue weighted by Gasteiger charge is -2.23. The van der Waals surface area contributed by atoms with E-state index >= 15 is 0 Å². The Kier molecular flexibility index (Phi) is 4.41. The number of hydrogen-bond acceptors (Lipinski definition) is 3. The average Bonchev–Trinajstić information content (AvgIpc) is 3.43. The van der Waals surface area contributed by atoms with Crippen molar-refractivity contribution >= 4 is 6.03 Å². The summed E-state index contributed by atoms with van der Waals surface area (Å²) in [6.45, 7) is 1.47. The van der Waals surface area contributed by atoms with E-state index in [0.717, 1.165) is 29.9 Å². The highest BCUT2D eigenvalue weighted by Gasteiger charge is 2.46. The third-order valence-electron chi connectivity index (χ3n) is 4.84. The largest absolute Gasteiger partial charge is 0.486 e. The van der Waals surface area contributed by atoms with Gasteiger partial charge in [-0.25, -0.2) is 9.18 Å². The Hall–Kier alpha value is -2.76. The number of fused-ring (bicyclic) bond motifs is 1. The number of carbonyl (C=O) groups is 1. The third kappa shape index (κ3) is 3.45. The molecule has 1 fully saturated rings. The molecule has 0 saturated heterocycles. The number of amides is 2. The number of ether oxygens (including phenoxy) is 2. The topological polar surface area (TPSA) is 59.6 Å². The molecule has 2 amide bonds. The van der Waals surface area contributed by atoms with Gasteiger partial charge in [0.2, 0.25) is 0 Å². The van der Waals surface area contributed by atoms with Crippen molar-refractivity contribution in [3.05, 3.63) is 59.4 Å². The summed E-state index contributed by atoms with van der Waals surface area (Å²) in [6.07, 6.45) is 2.22. The molecule has 2 aromatic carbocycles. The average molecular weight is 356 g/mol. The van der Waals surface area contributed by atoms with Gasteiger partial charge in [0, 0.05) is 6.54 Å². The van der Waals surface area contributed by atoms with Crippen LogP contribution >= 0.6 is 0 Å². The van der Waals surface area contributed by atoms with Crippen molar-refractivity contribution in [3.63, 3.8) is 0 Å². The fourth-order valence-corrected chi connectivity index (χ4v) is 3.23. The van der Waals surface area contributed by atoms with E-state index in [1.165, 1.54) is 6.07 Å². The van der Waals surface area contributed by atoms with Gasteiger partial charge in [-0.15, -0.1) is 0 Å². The molecule has 0 aromatic heterocycles. The lowest BCUT2D eigenvalue weighted by molar-refractivity contribution is 0.171. The van der Waals surface area contributed by atoms with Gasteiger partial charge in [0.25, 0.3) is 0 Å². The Morgan fingerprint density at radius 2 is 1.85 bits per heavy atom. The minimum absolute atomic E-state index is 0.242. The molecule has 0 atom stereocenters. The first kappa shape index (κ1) is 16.7. The molecule has 136 valence electrons. The molecule has 2 aliphatic rings. The minimum Gasteiger partial charge on any atom is -0.486 e. The van der Waals surface area contributed by atoms with Crippen molar-refractivity contribution in [2.24, 2.45) is 0 Å². The van der Waals surface area contributed by atoms with E-state index in [4.69, 9.17) is 9.47 Å². The Bertz CT molecular complexity index is 820. The van der Waals surface area contributed by atoms with Crippen molar-refractivity contribution in [1.82, 2.24) is 10.6 Å². The zero-order valence-electron chi connectivity index (χ0n) is 14.4. The molecule has 6 heteroatoms. The van der Waals surface area contributed by atoms with Gasteiger partial charge in [0.1, 0.15) is 19.0 Å². The number of nitrogens with one attached hydrogen (secondary N) is 2. The predicted octanol–water partition coefficient (Wildman–Crippen LogP) is 3.13. The first-order valence-electron chi connectivity index (χ1n) is 8.86. The van der Waals surface area contributed by atoms with Crippen molar-refractivity contribution < 1.29 is 18.7 Å². The molecule has 2 N–H and O–H groups in total. The molecule has 0 bridgehead atoms. The number of halogens is 1. The van der Waals surface area contributed by atoms with Crippen LogP contribution in [-0.2, 0) is 12.0 Å². The number of carbonyl (C=O) groups excluding carboxylic acids is 1. The first-order valence-corrected chi connectivity index (χ1v) is 8.86. The summed E-state index contributed by atoms with van der Waals surface area (Å²) in [5, 5.41) is 5.87. The van der Waals surface area contributed by atoms with Crippen LogP contribution in [-0.4, -0.2) is 25.8 Å². The van der Waals surface area contributed by atoms with Gasteiger partial charge < -0.3 is 20.1 Å². The summed E-state index contributed by atoms with van der Waals surface area (Å²) >= 11 is 0. The van der Waals surface area contributed by atoms with E-state index in [0.29, 0.717) is 31.7 Å². The van der Waals surface area contributed by atoms with E-state index in [1.807, 2.05) is 18.2 Å². The second-order valence-corrected chi connectivity index (χ2v) is 6.66. The molecule has 0 spiro atoms. The maximum Gasteiger partial charge on any atom is 0.315 e. The van der Waals surface area contributed by atoms with Crippen LogP contribution in [0.15, 0.2) is 42.5 Å². The van der Waals surface area contributed by atoms with Crippen LogP contribution in [0.4, 0.5) is 9.18 Å². The summed E-state index contributed by atoms with van der Waals surface area (Å²) in [4.78, 5) is 12.3. The summed E-state index contributed by atoms with van der Waals surface area (Å²) < 4.78 is 24.8. The van der Waals surface area contributed by atoms with E-state index < -0.39 is 0 Å². The zero-order valence-corrected chi connectivity index (χ0v) is 14.4. The second kappa shape index (κ2) is 6.86. The Balaban J connectivity index is 1.34. The van der Waals surface area contributed by atoms with Gasteiger partial charge in [-0.2, -0.15) is 0 Å². The summed E-state index contributed by atoms with van der Waals surface area (Å²) in [5.41, 5.74) is 1.27. The van der Waals surface area contributed by atoms with Gasteiger partial charge >= 0.3 is 6.03 Å². The number of rotatable bonds is 5.